The molecule has 3 nitrogen and oxygen atoms in total. The monoisotopic (exact) mass is 262 g/mol. The zero-order valence-corrected chi connectivity index (χ0v) is 11.9. The van der Waals surface area contributed by atoms with Crippen LogP contribution >= 0.6 is 36.0 Å². The summed E-state index contributed by atoms with van der Waals surface area (Å²) in [5.74, 6) is 0.838. The summed E-state index contributed by atoms with van der Waals surface area (Å²) in [6, 6.07) is 0.833. The Kier molecular flexibility index (Phi) is 14.3. The molecule has 13 heavy (non-hydrogen) atoms. The topological polar surface area (TPSA) is 27.7 Å². The summed E-state index contributed by atoms with van der Waals surface area (Å²) in [7, 11) is 2.58. The maximum absolute atomic E-state index is 5.20. The third-order valence-corrected chi connectivity index (χ3v) is 4.72. The lowest BCUT2D eigenvalue weighted by molar-refractivity contribution is 0.123. The molecule has 0 radical (unpaired) electrons. The lowest BCUT2D eigenvalue weighted by Gasteiger charge is -2.23. The maximum Gasteiger partial charge on any atom is 0.500 e. The van der Waals surface area contributed by atoms with Gasteiger partial charge in [0, 0.05) is 27.4 Å². The van der Waals surface area contributed by atoms with Crippen molar-refractivity contribution >= 4 is 44.8 Å². The Morgan fingerprint density at radius 1 is 1.00 bits per heavy atom. The zero-order valence-electron chi connectivity index (χ0n) is 8.19. The van der Waals surface area contributed by atoms with Gasteiger partial charge in [-0.15, -0.1) is 23.3 Å². The molecule has 0 N–H and O–H groups in total. The van der Waals surface area contributed by atoms with Crippen molar-refractivity contribution in [1.29, 1.82) is 0 Å². The van der Waals surface area contributed by atoms with Crippen LogP contribution in [0.15, 0.2) is 0 Å². The molecule has 0 aliphatic rings. The van der Waals surface area contributed by atoms with Crippen LogP contribution in [-0.2, 0) is 13.3 Å². The Balaban J connectivity index is 0. The van der Waals surface area contributed by atoms with Crippen molar-refractivity contribution in [2.24, 2.45) is 0 Å². The Bertz CT molecular complexity index is 94.9. The molecule has 0 aromatic heterocycles. The summed E-state index contributed by atoms with van der Waals surface area (Å²) in [6.45, 7) is 0. The fourth-order valence-electron chi connectivity index (χ4n) is 0.852. The average molecular weight is 262 g/mol. The van der Waals surface area contributed by atoms with Crippen molar-refractivity contribution in [2.75, 3.05) is 27.1 Å². The average Bonchev–Trinajstić information content (AvgIpc) is 2.24. The zero-order chi connectivity index (χ0) is 10.7. The standard InChI is InChI=1S/C6H16O3SSi.H2S2/c1-7-11(8-2,9-3)6-4-5-10;1-2/h10H,4-6H2,1-3H3;1-2H. The second-order valence-electron chi connectivity index (χ2n) is 2.12. The third kappa shape index (κ3) is 7.12. The van der Waals surface area contributed by atoms with Crippen LogP contribution in [0.3, 0.4) is 0 Å². The molecule has 0 aromatic carbocycles. The van der Waals surface area contributed by atoms with E-state index < -0.39 is 8.80 Å². The van der Waals surface area contributed by atoms with Gasteiger partial charge < -0.3 is 13.3 Å². The van der Waals surface area contributed by atoms with Crippen molar-refractivity contribution in [3.05, 3.63) is 0 Å². The van der Waals surface area contributed by atoms with E-state index in [1.54, 1.807) is 21.3 Å². The number of thiol groups is 3. The van der Waals surface area contributed by atoms with E-state index in [9.17, 15) is 0 Å². The van der Waals surface area contributed by atoms with E-state index in [1.165, 1.54) is 0 Å². The van der Waals surface area contributed by atoms with Crippen molar-refractivity contribution in [3.8, 4) is 0 Å². The highest BCUT2D eigenvalue weighted by Gasteiger charge is 2.36. The summed E-state index contributed by atoms with van der Waals surface area (Å²) in [5, 5.41) is 0. The lowest BCUT2D eigenvalue weighted by atomic mass is 10.6. The molecule has 0 saturated heterocycles. The molecular weight excluding hydrogens is 244 g/mol. The Labute approximate surface area is 97.5 Å². The number of hydrogen-bond acceptors (Lipinski definition) is 6. The Hall–Kier alpha value is 1.15. The van der Waals surface area contributed by atoms with Gasteiger partial charge in [0.15, 0.2) is 0 Å². The molecule has 0 aliphatic heterocycles. The first-order valence-corrected chi connectivity index (χ1v) is 7.87. The van der Waals surface area contributed by atoms with Crippen LogP contribution in [0.4, 0.5) is 0 Å². The summed E-state index contributed by atoms with van der Waals surface area (Å²) in [6.07, 6.45) is 0.963. The second-order valence-corrected chi connectivity index (χ2v) is 5.66. The molecule has 0 bridgehead atoms. The first-order chi connectivity index (χ1) is 6.24. The number of rotatable bonds is 6. The fourth-order valence-corrected chi connectivity index (χ4v) is 3.03. The van der Waals surface area contributed by atoms with Crippen LogP contribution < -0.4 is 0 Å². The van der Waals surface area contributed by atoms with Crippen LogP contribution in [0, 0.1) is 0 Å². The predicted molar refractivity (Wildman–Crippen MR) is 68.0 cm³/mol. The first kappa shape index (κ1) is 16.6. The van der Waals surface area contributed by atoms with Gasteiger partial charge in [-0.25, -0.2) is 0 Å². The minimum Gasteiger partial charge on any atom is -0.377 e. The van der Waals surface area contributed by atoms with E-state index in [1.807, 2.05) is 0 Å². The van der Waals surface area contributed by atoms with Gasteiger partial charge in [0.2, 0.25) is 0 Å². The molecule has 82 valence electrons. The highest BCUT2D eigenvalue weighted by molar-refractivity contribution is 8.59. The van der Waals surface area contributed by atoms with Gasteiger partial charge in [0.25, 0.3) is 0 Å². The quantitative estimate of drug-likeness (QED) is 0.388. The third-order valence-electron chi connectivity index (χ3n) is 1.57. The lowest BCUT2D eigenvalue weighted by Crippen LogP contribution is -2.42. The van der Waals surface area contributed by atoms with Gasteiger partial charge in [-0.05, 0) is 12.2 Å². The first-order valence-electron chi connectivity index (χ1n) is 3.71. The van der Waals surface area contributed by atoms with Gasteiger partial charge >= 0.3 is 8.80 Å². The normalized spacial score (nSPS) is 10.6. The molecule has 0 amide bonds. The Morgan fingerprint density at radius 2 is 1.38 bits per heavy atom. The molecule has 0 saturated carbocycles. The molecule has 0 rings (SSSR count). The van der Waals surface area contributed by atoms with Crippen molar-refractivity contribution in [3.63, 3.8) is 0 Å². The summed E-state index contributed by atoms with van der Waals surface area (Å²) in [4.78, 5) is 0. The van der Waals surface area contributed by atoms with Crippen molar-refractivity contribution in [1.82, 2.24) is 0 Å². The Morgan fingerprint density at radius 3 is 1.62 bits per heavy atom. The van der Waals surface area contributed by atoms with Gasteiger partial charge in [-0.2, -0.15) is 12.6 Å². The molecule has 0 aromatic rings. The van der Waals surface area contributed by atoms with Crippen LogP contribution in [0.25, 0.3) is 0 Å². The van der Waals surface area contributed by atoms with Crippen LogP contribution in [0.5, 0.6) is 0 Å². The minimum atomic E-state index is -2.29. The smallest absolute Gasteiger partial charge is 0.377 e. The van der Waals surface area contributed by atoms with E-state index in [-0.39, 0.29) is 0 Å². The van der Waals surface area contributed by atoms with E-state index in [0.29, 0.717) is 0 Å². The van der Waals surface area contributed by atoms with Crippen LogP contribution in [0.2, 0.25) is 6.04 Å². The van der Waals surface area contributed by atoms with E-state index in [0.717, 1.165) is 18.2 Å². The molecule has 0 aliphatic carbocycles. The largest absolute Gasteiger partial charge is 0.500 e. The van der Waals surface area contributed by atoms with Crippen LogP contribution in [-0.4, -0.2) is 35.9 Å². The van der Waals surface area contributed by atoms with Gasteiger partial charge in [0.05, 0.1) is 0 Å². The van der Waals surface area contributed by atoms with E-state index in [4.69, 9.17) is 13.3 Å². The van der Waals surface area contributed by atoms with Crippen LogP contribution in [0.1, 0.15) is 6.42 Å². The van der Waals surface area contributed by atoms with Gasteiger partial charge in [-0.3, -0.25) is 0 Å². The maximum atomic E-state index is 5.20. The molecule has 7 heteroatoms. The van der Waals surface area contributed by atoms with Crippen molar-refractivity contribution < 1.29 is 13.3 Å². The molecule has 0 fully saturated rings. The highest BCUT2D eigenvalue weighted by Crippen LogP contribution is 2.14. The fraction of sp³-hybridized carbons (Fsp3) is 1.00. The van der Waals surface area contributed by atoms with E-state index >= 15 is 0 Å². The summed E-state index contributed by atoms with van der Waals surface area (Å²) >= 11 is 10.5. The summed E-state index contributed by atoms with van der Waals surface area (Å²) < 4.78 is 15.6. The van der Waals surface area contributed by atoms with Gasteiger partial charge in [0.1, 0.15) is 0 Å². The predicted octanol–water partition coefficient (Wildman–Crippen LogP) is 1.95. The highest BCUT2D eigenvalue weighted by atomic mass is 33.1. The van der Waals surface area contributed by atoms with E-state index in [2.05, 4.69) is 36.0 Å². The molecule has 0 spiro atoms. The number of hydrogen-bond donors (Lipinski definition) is 3. The minimum absolute atomic E-state index is 0.833. The molecule has 0 atom stereocenters. The van der Waals surface area contributed by atoms with Crippen molar-refractivity contribution in [2.45, 2.75) is 12.5 Å². The second kappa shape index (κ2) is 11.2. The summed E-state index contributed by atoms with van der Waals surface area (Å²) in [5.41, 5.74) is 0. The molecular formula is C6H18O3S3Si. The SMILES string of the molecule is CO[Si](CCCS)(OC)OC.SS. The molecule has 0 unspecified atom stereocenters. The molecule has 0 heterocycles. The van der Waals surface area contributed by atoms with Gasteiger partial charge in [-0.1, -0.05) is 0 Å².